The maximum Gasteiger partial charge on any atom is 0.347 e. The van der Waals surface area contributed by atoms with Gasteiger partial charge in [0.25, 0.3) is 0 Å². The van der Waals surface area contributed by atoms with Crippen LogP contribution in [0.5, 0.6) is 0 Å². The molecule has 1 heterocycles. The summed E-state index contributed by atoms with van der Waals surface area (Å²) in [5, 5.41) is 6.18. The summed E-state index contributed by atoms with van der Waals surface area (Å²) < 4.78 is 0.989. The third-order valence-corrected chi connectivity index (χ3v) is 3.65. The van der Waals surface area contributed by atoms with Crippen LogP contribution in [-0.2, 0) is 4.84 Å². The highest BCUT2D eigenvalue weighted by atomic mass is 79.9. The number of hydrogen-bond acceptors (Lipinski definition) is 4. The minimum atomic E-state index is -0.363. The molecule has 0 aliphatic rings. The number of amides is 2. The van der Waals surface area contributed by atoms with Gasteiger partial charge < -0.3 is 0 Å². The summed E-state index contributed by atoms with van der Waals surface area (Å²) in [6.07, 6.45) is 0. The van der Waals surface area contributed by atoms with Crippen LogP contribution in [0.3, 0.4) is 0 Å². The van der Waals surface area contributed by atoms with E-state index in [0.29, 0.717) is 5.13 Å². The lowest BCUT2D eigenvalue weighted by Gasteiger charge is -2.12. The standard InChI is InChI=1S/C12H12BrN3O2S/c1-16(18-2)12(17)15-11-14-10(7-19-11)8-4-3-5-9(13)6-8/h3-7H,1-2H3,(H,14,15,17). The molecule has 0 aliphatic heterocycles. The zero-order chi connectivity index (χ0) is 13.8. The topological polar surface area (TPSA) is 54.5 Å². The number of aromatic nitrogens is 1. The molecule has 0 radical (unpaired) electrons. The number of anilines is 1. The van der Waals surface area contributed by atoms with E-state index in [1.165, 1.54) is 25.5 Å². The number of nitrogens with zero attached hydrogens (tertiary/aromatic N) is 2. The van der Waals surface area contributed by atoms with Crippen molar-refractivity contribution in [3.8, 4) is 11.3 Å². The van der Waals surface area contributed by atoms with Crippen LogP contribution in [0.25, 0.3) is 11.3 Å². The fourth-order valence-corrected chi connectivity index (χ4v) is 2.47. The minimum Gasteiger partial charge on any atom is -0.282 e. The second-order valence-electron chi connectivity index (χ2n) is 3.66. The quantitative estimate of drug-likeness (QED) is 0.867. The van der Waals surface area contributed by atoms with E-state index < -0.39 is 0 Å². The van der Waals surface area contributed by atoms with E-state index in [1.54, 1.807) is 0 Å². The molecule has 1 N–H and O–H groups in total. The molecule has 1 aromatic carbocycles. The van der Waals surface area contributed by atoms with E-state index in [4.69, 9.17) is 4.84 Å². The zero-order valence-electron chi connectivity index (χ0n) is 10.4. The largest absolute Gasteiger partial charge is 0.347 e. The van der Waals surface area contributed by atoms with E-state index in [2.05, 4.69) is 26.2 Å². The molecule has 0 bridgehead atoms. The van der Waals surface area contributed by atoms with Gasteiger partial charge in [0, 0.05) is 22.5 Å². The van der Waals surface area contributed by atoms with Gasteiger partial charge in [0.1, 0.15) is 0 Å². The Hall–Kier alpha value is -1.44. The summed E-state index contributed by atoms with van der Waals surface area (Å²) in [5.74, 6) is 0. The Labute approximate surface area is 123 Å². The Balaban J connectivity index is 2.13. The molecule has 0 atom stereocenters. The van der Waals surface area contributed by atoms with Gasteiger partial charge in [-0.1, -0.05) is 28.1 Å². The zero-order valence-corrected chi connectivity index (χ0v) is 12.8. The van der Waals surface area contributed by atoms with E-state index in [0.717, 1.165) is 20.8 Å². The van der Waals surface area contributed by atoms with Crippen molar-refractivity contribution in [3.05, 3.63) is 34.1 Å². The Morgan fingerprint density at radius 1 is 1.53 bits per heavy atom. The van der Waals surface area contributed by atoms with Crippen LogP contribution in [0.1, 0.15) is 0 Å². The lowest BCUT2D eigenvalue weighted by atomic mass is 10.2. The second-order valence-corrected chi connectivity index (χ2v) is 5.43. The fraction of sp³-hybridized carbons (Fsp3) is 0.167. The smallest absolute Gasteiger partial charge is 0.282 e. The lowest BCUT2D eigenvalue weighted by molar-refractivity contribution is -0.0598. The van der Waals surface area contributed by atoms with E-state index in [9.17, 15) is 4.79 Å². The molecule has 0 saturated heterocycles. The van der Waals surface area contributed by atoms with Crippen LogP contribution in [0.4, 0.5) is 9.93 Å². The summed E-state index contributed by atoms with van der Waals surface area (Å²) in [6.45, 7) is 0. The molecule has 2 rings (SSSR count). The van der Waals surface area contributed by atoms with Crippen molar-refractivity contribution in [1.82, 2.24) is 10.0 Å². The van der Waals surface area contributed by atoms with Crippen molar-refractivity contribution in [2.45, 2.75) is 0 Å². The van der Waals surface area contributed by atoms with Gasteiger partial charge >= 0.3 is 6.03 Å². The lowest BCUT2D eigenvalue weighted by Crippen LogP contribution is -2.30. The number of urea groups is 1. The number of thiazole rings is 1. The van der Waals surface area contributed by atoms with Gasteiger partial charge in [-0.2, -0.15) is 0 Å². The minimum absolute atomic E-state index is 0.363. The Morgan fingerprint density at radius 3 is 3.00 bits per heavy atom. The molecule has 19 heavy (non-hydrogen) atoms. The van der Waals surface area contributed by atoms with Crippen molar-refractivity contribution in [2.75, 3.05) is 19.5 Å². The van der Waals surface area contributed by atoms with Gasteiger partial charge in [-0.3, -0.25) is 10.2 Å². The first-order chi connectivity index (χ1) is 9.10. The summed E-state index contributed by atoms with van der Waals surface area (Å²) in [4.78, 5) is 20.7. The molecule has 100 valence electrons. The van der Waals surface area contributed by atoms with Crippen molar-refractivity contribution in [2.24, 2.45) is 0 Å². The highest BCUT2D eigenvalue weighted by Crippen LogP contribution is 2.26. The maximum absolute atomic E-state index is 11.6. The number of benzene rings is 1. The number of hydroxylamine groups is 2. The monoisotopic (exact) mass is 341 g/mol. The first kappa shape index (κ1) is 14.0. The van der Waals surface area contributed by atoms with Gasteiger partial charge in [-0.05, 0) is 12.1 Å². The molecule has 0 aliphatic carbocycles. The average molecular weight is 342 g/mol. The molecule has 0 fully saturated rings. The maximum atomic E-state index is 11.6. The van der Waals surface area contributed by atoms with Gasteiger partial charge in [0.05, 0.1) is 12.8 Å². The van der Waals surface area contributed by atoms with Crippen LogP contribution in [0, 0.1) is 0 Å². The summed E-state index contributed by atoms with van der Waals surface area (Å²) in [7, 11) is 2.95. The van der Waals surface area contributed by atoms with Gasteiger partial charge in [-0.25, -0.2) is 14.8 Å². The van der Waals surface area contributed by atoms with Crippen molar-refractivity contribution in [1.29, 1.82) is 0 Å². The molecule has 5 nitrogen and oxygen atoms in total. The highest BCUT2D eigenvalue weighted by molar-refractivity contribution is 9.10. The predicted molar refractivity (Wildman–Crippen MR) is 79.0 cm³/mol. The van der Waals surface area contributed by atoms with Gasteiger partial charge in [0.2, 0.25) is 0 Å². The van der Waals surface area contributed by atoms with Crippen molar-refractivity contribution >= 4 is 38.4 Å². The van der Waals surface area contributed by atoms with Crippen molar-refractivity contribution in [3.63, 3.8) is 0 Å². The molecule has 7 heteroatoms. The molecule has 2 aromatic rings. The first-order valence-corrected chi connectivity index (χ1v) is 7.07. The average Bonchev–Trinajstić information content (AvgIpc) is 2.86. The van der Waals surface area contributed by atoms with E-state index >= 15 is 0 Å². The second kappa shape index (κ2) is 6.14. The number of halogens is 1. The molecule has 0 saturated carbocycles. The summed E-state index contributed by atoms with van der Waals surface area (Å²) >= 11 is 4.78. The number of nitrogens with one attached hydrogen (secondary N) is 1. The summed E-state index contributed by atoms with van der Waals surface area (Å²) in [6, 6.07) is 7.47. The molecular formula is C12H12BrN3O2S. The summed E-state index contributed by atoms with van der Waals surface area (Å²) in [5.41, 5.74) is 1.81. The molecule has 1 aromatic heterocycles. The van der Waals surface area contributed by atoms with Crippen molar-refractivity contribution < 1.29 is 9.63 Å². The first-order valence-electron chi connectivity index (χ1n) is 5.40. The van der Waals surface area contributed by atoms with Crippen LogP contribution in [0.15, 0.2) is 34.1 Å². The third kappa shape index (κ3) is 3.52. The normalized spacial score (nSPS) is 10.3. The van der Waals surface area contributed by atoms with Crippen LogP contribution in [-0.4, -0.2) is 30.2 Å². The van der Waals surface area contributed by atoms with Crippen LogP contribution < -0.4 is 5.32 Å². The third-order valence-electron chi connectivity index (χ3n) is 2.40. The van der Waals surface area contributed by atoms with Gasteiger partial charge in [0.15, 0.2) is 5.13 Å². The molecule has 2 amide bonds. The predicted octanol–water partition coefficient (Wildman–Crippen LogP) is 3.60. The van der Waals surface area contributed by atoms with Crippen LogP contribution >= 0.6 is 27.3 Å². The number of carbonyl (C=O) groups is 1. The number of rotatable bonds is 3. The Morgan fingerprint density at radius 2 is 2.32 bits per heavy atom. The Bertz CT molecular complexity index is 588. The van der Waals surface area contributed by atoms with E-state index in [1.807, 2.05) is 29.6 Å². The van der Waals surface area contributed by atoms with Gasteiger partial charge in [-0.15, -0.1) is 11.3 Å². The SMILES string of the molecule is CON(C)C(=O)Nc1nc(-c2cccc(Br)c2)cs1. The number of carbonyl (C=O) groups excluding carboxylic acids is 1. The highest BCUT2D eigenvalue weighted by Gasteiger charge is 2.11. The number of hydrogen-bond donors (Lipinski definition) is 1. The Kier molecular flexibility index (Phi) is 4.52. The molecule has 0 unspecified atom stereocenters. The molecule has 0 spiro atoms. The van der Waals surface area contributed by atoms with Crippen LogP contribution in [0.2, 0.25) is 0 Å². The van der Waals surface area contributed by atoms with E-state index in [-0.39, 0.29) is 6.03 Å². The fourth-order valence-electron chi connectivity index (χ4n) is 1.36. The molecular weight excluding hydrogens is 330 g/mol.